The average molecular weight is 211 g/mol. The second-order valence-corrected chi connectivity index (χ2v) is 3.42. The Labute approximate surface area is 90.4 Å². The van der Waals surface area contributed by atoms with Crippen LogP contribution >= 0.6 is 0 Å². The molecular weight excluding hydrogens is 193 g/mol. The van der Waals surface area contributed by atoms with Crippen LogP contribution in [0.4, 0.5) is 4.39 Å². The number of hydrogen-bond donors (Lipinski definition) is 1. The first-order valence-electron chi connectivity index (χ1n) is 5.30. The van der Waals surface area contributed by atoms with Crippen molar-refractivity contribution in [2.45, 2.75) is 19.9 Å². The smallest absolute Gasteiger partial charge is 0.123 e. The van der Waals surface area contributed by atoms with Crippen LogP contribution < -0.4 is 5.32 Å². The van der Waals surface area contributed by atoms with E-state index in [1.807, 2.05) is 6.92 Å². The summed E-state index contributed by atoms with van der Waals surface area (Å²) in [5.41, 5.74) is 1.09. The van der Waals surface area contributed by atoms with Crippen molar-refractivity contribution in [3.63, 3.8) is 0 Å². The highest BCUT2D eigenvalue weighted by molar-refractivity contribution is 5.19. The molecule has 0 fully saturated rings. The highest BCUT2D eigenvalue weighted by atomic mass is 19.1. The molecule has 0 radical (unpaired) electrons. The van der Waals surface area contributed by atoms with Gasteiger partial charge in [0.25, 0.3) is 0 Å². The Kier molecular flexibility index (Phi) is 5.29. The summed E-state index contributed by atoms with van der Waals surface area (Å²) in [6.07, 6.45) is 0. The summed E-state index contributed by atoms with van der Waals surface area (Å²) >= 11 is 0. The van der Waals surface area contributed by atoms with Gasteiger partial charge in [-0.2, -0.15) is 0 Å². The quantitative estimate of drug-likeness (QED) is 0.730. The third-order valence-electron chi connectivity index (χ3n) is 2.27. The molecule has 1 N–H and O–H groups in total. The molecule has 1 aromatic carbocycles. The van der Waals surface area contributed by atoms with Gasteiger partial charge in [0, 0.05) is 19.2 Å². The van der Waals surface area contributed by atoms with Gasteiger partial charge < -0.3 is 10.1 Å². The molecule has 84 valence electrons. The topological polar surface area (TPSA) is 21.3 Å². The Morgan fingerprint density at radius 3 is 2.60 bits per heavy atom. The molecule has 0 heterocycles. The fraction of sp³-hybridized carbons (Fsp3) is 0.500. The summed E-state index contributed by atoms with van der Waals surface area (Å²) in [5, 5.41) is 3.31. The van der Waals surface area contributed by atoms with Crippen LogP contribution in [0.5, 0.6) is 0 Å². The van der Waals surface area contributed by atoms with Crippen LogP contribution in [-0.2, 0) is 4.74 Å². The van der Waals surface area contributed by atoms with Gasteiger partial charge in [-0.3, -0.25) is 0 Å². The van der Waals surface area contributed by atoms with Crippen molar-refractivity contribution >= 4 is 0 Å². The van der Waals surface area contributed by atoms with E-state index in [1.165, 1.54) is 12.1 Å². The monoisotopic (exact) mass is 211 g/mol. The molecule has 0 bridgehead atoms. The molecule has 0 unspecified atom stereocenters. The fourth-order valence-electron chi connectivity index (χ4n) is 1.36. The third-order valence-corrected chi connectivity index (χ3v) is 2.27. The minimum atomic E-state index is -0.194. The van der Waals surface area contributed by atoms with E-state index in [-0.39, 0.29) is 11.9 Å². The number of rotatable bonds is 6. The Bertz CT molecular complexity index is 273. The van der Waals surface area contributed by atoms with E-state index in [0.29, 0.717) is 6.61 Å². The standard InChI is InChI=1S/C12H18FNO/c1-3-15-9-8-14-10(2)11-4-6-12(13)7-5-11/h4-7,10,14H,3,8-9H2,1-2H3/t10-/m1/s1. The molecule has 0 saturated carbocycles. The molecule has 0 aliphatic heterocycles. The minimum absolute atomic E-state index is 0.194. The molecule has 0 saturated heterocycles. The SMILES string of the molecule is CCOCCN[C@H](C)c1ccc(F)cc1. The van der Waals surface area contributed by atoms with Crippen LogP contribution in [0.1, 0.15) is 25.5 Å². The van der Waals surface area contributed by atoms with Crippen molar-refractivity contribution in [1.29, 1.82) is 0 Å². The van der Waals surface area contributed by atoms with Crippen molar-refractivity contribution in [2.24, 2.45) is 0 Å². The molecule has 0 amide bonds. The third kappa shape index (κ3) is 4.40. The zero-order valence-corrected chi connectivity index (χ0v) is 9.29. The van der Waals surface area contributed by atoms with E-state index in [2.05, 4.69) is 12.2 Å². The molecule has 0 aliphatic carbocycles. The number of halogens is 1. The highest BCUT2D eigenvalue weighted by Crippen LogP contribution is 2.12. The van der Waals surface area contributed by atoms with Crippen molar-refractivity contribution < 1.29 is 9.13 Å². The number of hydrogen-bond acceptors (Lipinski definition) is 2. The summed E-state index contributed by atoms with van der Waals surface area (Å²) in [6.45, 7) is 6.30. The minimum Gasteiger partial charge on any atom is -0.380 e. The largest absolute Gasteiger partial charge is 0.380 e. The second kappa shape index (κ2) is 6.53. The van der Waals surface area contributed by atoms with Crippen molar-refractivity contribution in [3.05, 3.63) is 35.6 Å². The van der Waals surface area contributed by atoms with Gasteiger partial charge in [0.05, 0.1) is 6.61 Å². The lowest BCUT2D eigenvalue weighted by molar-refractivity contribution is 0.147. The van der Waals surface area contributed by atoms with Crippen LogP contribution in [-0.4, -0.2) is 19.8 Å². The molecule has 3 heteroatoms. The van der Waals surface area contributed by atoms with E-state index in [4.69, 9.17) is 4.74 Å². The van der Waals surface area contributed by atoms with E-state index in [9.17, 15) is 4.39 Å². The first-order chi connectivity index (χ1) is 7.24. The van der Waals surface area contributed by atoms with Gasteiger partial charge in [0.1, 0.15) is 5.82 Å². The maximum atomic E-state index is 12.7. The number of ether oxygens (including phenoxy) is 1. The molecule has 15 heavy (non-hydrogen) atoms. The molecule has 0 aliphatic rings. The molecule has 1 aromatic rings. The number of nitrogens with one attached hydrogen (secondary N) is 1. The van der Waals surface area contributed by atoms with Crippen molar-refractivity contribution in [2.75, 3.05) is 19.8 Å². The van der Waals surface area contributed by atoms with E-state index in [0.717, 1.165) is 18.7 Å². The normalized spacial score (nSPS) is 12.7. The van der Waals surface area contributed by atoms with Gasteiger partial charge in [-0.15, -0.1) is 0 Å². The predicted octanol–water partition coefficient (Wildman–Crippen LogP) is 2.51. The van der Waals surface area contributed by atoms with Gasteiger partial charge in [-0.25, -0.2) is 4.39 Å². The zero-order chi connectivity index (χ0) is 11.1. The summed E-state index contributed by atoms with van der Waals surface area (Å²) in [6, 6.07) is 6.79. The summed E-state index contributed by atoms with van der Waals surface area (Å²) in [5.74, 6) is -0.194. The van der Waals surface area contributed by atoms with E-state index in [1.54, 1.807) is 12.1 Å². The predicted molar refractivity (Wildman–Crippen MR) is 59.3 cm³/mol. The molecule has 1 rings (SSSR count). The highest BCUT2D eigenvalue weighted by Gasteiger charge is 2.03. The molecule has 0 aromatic heterocycles. The second-order valence-electron chi connectivity index (χ2n) is 3.42. The van der Waals surface area contributed by atoms with Crippen molar-refractivity contribution in [3.8, 4) is 0 Å². The van der Waals surface area contributed by atoms with E-state index >= 15 is 0 Å². The first-order valence-corrected chi connectivity index (χ1v) is 5.30. The van der Waals surface area contributed by atoms with Crippen LogP contribution in [0.2, 0.25) is 0 Å². The first kappa shape index (κ1) is 12.1. The molecule has 1 atom stereocenters. The van der Waals surface area contributed by atoms with Gasteiger partial charge in [0.2, 0.25) is 0 Å². The summed E-state index contributed by atoms with van der Waals surface area (Å²) < 4.78 is 17.9. The Hall–Kier alpha value is -0.930. The average Bonchev–Trinajstić information content (AvgIpc) is 2.25. The summed E-state index contributed by atoms with van der Waals surface area (Å²) in [4.78, 5) is 0. The van der Waals surface area contributed by atoms with E-state index < -0.39 is 0 Å². The summed E-state index contributed by atoms with van der Waals surface area (Å²) in [7, 11) is 0. The Balaban J connectivity index is 2.33. The zero-order valence-electron chi connectivity index (χ0n) is 9.29. The Morgan fingerprint density at radius 1 is 1.33 bits per heavy atom. The van der Waals surface area contributed by atoms with Crippen LogP contribution in [0, 0.1) is 5.82 Å². The lowest BCUT2D eigenvalue weighted by Gasteiger charge is -2.13. The maximum Gasteiger partial charge on any atom is 0.123 e. The van der Waals surface area contributed by atoms with Gasteiger partial charge in [-0.1, -0.05) is 12.1 Å². The number of benzene rings is 1. The Morgan fingerprint density at radius 2 is 2.00 bits per heavy atom. The molecular formula is C12H18FNO. The van der Waals surface area contributed by atoms with Crippen LogP contribution in [0.25, 0.3) is 0 Å². The van der Waals surface area contributed by atoms with Crippen LogP contribution in [0.15, 0.2) is 24.3 Å². The van der Waals surface area contributed by atoms with Gasteiger partial charge >= 0.3 is 0 Å². The molecule has 0 spiro atoms. The fourth-order valence-corrected chi connectivity index (χ4v) is 1.36. The van der Waals surface area contributed by atoms with Crippen molar-refractivity contribution in [1.82, 2.24) is 5.32 Å². The van der Waals surface area contributed by atoms with Crippen LogP contribution in [0.3, 0.4) is 0 Å². The molecule has 2 nitrogen and oxygen atoms in total. The van der Waals surface area contributed by atoms with Gasteiger partial charge in [-0.05, 0) is 31.5 Å². The van der Waals surface area contributed by atoms with Gasteiger partial charge in [0.15, 0.2) is 0 Å². The maximum absolute atomic E-state index is 12.7. The lowest BCUT2D eigenvalue weighted by Crippen LogP contribution is -2.23. The lowest BCUT2D eigenvalue weighted by atomic mass is 10.1.